The van der Waals surface area contributed by atoms with Gasteiger partial charge in [0.15, 0.2) is 5.69 Å². The van der Waals surface area contributed by atoms with E-state index >= 15 is 0 Å². The van der Waals surface area contributed by atoms with Crippen molar-refractivity contribution in [3.05, 3.63) is 30.0 Å². The van der Waals surface area contributed by atoms with Gasteiger partial charge >= 0.3 is 0 Å². The number of aromatic nitrogens is 2. The number of fused-ring (bicyclic) bond motifs is 1. The molecule has 0 saturated carbocycles. The van der Waals surface area contributed by atoms with E-state index in [4.69, 9.17) is 10.4 Å². The first kappa shape index (κ1) is 12.3. The van der Waals surface area contributed by atoms with Crippen LogP contribution in [-0.4, -0.2) is 28.5 Å². The number of aliphatic hydroxyl groups is 1. The van der Waals surface area contributed by atoms with Crippen molar-refractivity contribution in [1.29, 1.82) is 5.26 Å². The minimum absolute atomic E-state index is 0.103. The molecule has 5 heteroatoms. The molecule has 2 rings (SSSR count). The Labute approximate surface area is 105 Å². The lowest BCUT2D eigenvalue weighted by Crippen LogP contribution is -2.16. The molecule has 0 spiro atoms. The molecule has 1 aromatic heterocycles. The first-order valence-corrected chi connectivity index (χ1v) is 5.76. The Kier molecular flexibility index (Phi) is 3.70. The molecule has 1 heterocycles. The Morgan fingerprint density at radius 2 is 2.17 bits per heavy atom. The van der Waals surface area contributed by atoms with Gasteiger partial charge in [-0.2, -0.15) is 5.26 Å². The first-order valence-electron chi connectivity index (χ1n) is 5.76. The number of hydrogen-bond donors (Lipinski definition) is 2. The normalized spacial score (nSPS) is 12.1. The van der Waals surface area contributed by atoms with Crippen LogP contribution < -0.4 is 5.32 Å². The lowest BCUT2D eigenvalue weighted by atomic mass is 10.1. The van der Waals surface area contributed by atoms with E-state index in [-0.39, 0.29) is 18.2 Å². The van der Waals surface area contributed by atoms with E-state index < -0.39 is 0 Å². The van der Waals surface area contributed by atoms with Gasteiger partial charge in [0.1, 0.15) is 6.07 Å². The van der Waals surface area contributed by atoms with E-state index in [0.29, 0.717) is 12.2 Å². The highest BCUT2D eigenvalue weighted by Gasteiger charge is 2.10. The molecule has 0 aliphatic rings. The predicted octanol–water partition coefficient (Wildman–Crippen LogP) is 1.54. The molecule has 0 aliphatic heterocycles. The minimum atomic E-state index is 0.103. The standard InChI is InChI=1S/C13H14N4O/c1-9(8-18)7-15-13-10-4-2-3-5-11(10)16-17-12(13)6-14/h2-5,9,18H,7-8H2,1H3,(H,15,16). The van der Waals surface area contributed by atoms with Crippen molar-refractivity contribution in [2.24, 2.45) is 5.92 Å². The van der Waals surface area contributed by atoms with Crippen molar-refractivity contribution >= 4 is 16.6 Å². The Bertz CT molecular complexity index is 591. The molecule has 1 atom stereocenters. The summed E-state index contributed by atoms with van der Waals surface area (Å²) in [6.07, 6.45) is 0. The number of aliphatic hydroxyl groups excluding tert-OH is 1. The number of rotatable bonds is 4. The van der Waals surface area contributed by atoms with E-state index in [1.54, 1.807) is 0 Å². The fourth-order valence-corrected chi connectivity index (χ4v) is 1.65. The topological polar surface area (TPSA) is 81.8 Å². The van der Waals surface area contributed by atoms with Crippen molar-refractivity contribution in [2.75, 3.05) is 18.5 Å². The number of anilines is 1. The van der Waals surface area contributed by atoms with Crippen molar-refractivity contribution in [3.8, 4) is 6.07 Å². The SMILES string of the molecule is CC(CO)CNc1c(C#N)nnc2ccccc12. The average molecular weight is 242 g/mol. The van der Waals surface area contributed by atoms with E-state index in [0.717, 1.165) is 10.9 Å². The average Bonchev–Trinajstić information content (AvgIpc) is 2.44. The third-order valence-electron chi connectivity index (χ3n) is 2.71. The zero-order chi connectivity index (χ0) is 13.0. The van der Waals surface area contributed by atoms with Crippen molar-refractivity contribution < 1.29 is 5.11 Å². The molecule has 0 aliphatic carbocycles. The molecule has 1 unspecified atom stereocenters. The summed E-state index contributed by atoms with van der Waals surface area (Å²) in [4.78, 5) is 0. The quantitative estimate of drug-likeness (QED) is 0.849. The van der Waals surface area contributed by atoms with Gasteiger partial charge in [-0.25, -0.2) is 0 Å². The second-order valence-corrected chi connectivity index (χ2v) is 4.22. The zero-order valence-electron chi connectivity index (χ0n) is 10.1. The Balaban J connectivity index is 2.42. The van der Waals surface area contributed by atoms with Gasteiger partial charge in [-0.3, -0.25) is 0 Å². The number of hydrogen-bond acceptors (Lipinski definition) is 5. The molecule has 0 saturated heterocycles. The van der Waals surface area contributed by atoms with Crippen molar-refractivity contribution in [2.45, 2.75) is 6.92 Å². The number of nitriles is 1. The fourth-order valence-electron chi connectivity index (χ4n) is 1.65. The van der Waals surface area contributed by atoms with Crippen LogP contribution >= 0.6 is 0 Å². The van der Waals surface area contributed by atoms with Crippen LogP contribution in [0.5, 0.6) is 0 Å². The maximum atomic E-state index is 9.06. The zero-order valence-corrected chi connectivity index (χ0v) is 10.1. The molecule has 0 bridgehead atoms. The van der Waals surface area contributed by atoms with Crippen LogP contribution in [0.3, 0.4) is 0 Å². The van der Waals surface area contributed by atoms with Gasteiger partial charge in [-0.1, -0.05) is 25.1 Å². The third-order valence-corrected chi connectivity index (χ3v) is 2.71. The second kappa shape index (κ2) is 5.43. The summed E-state index contributed by atoms with van der Waals surface area (Å²) < 4.78 is 0. The van der Waals surface area contributed by atoms with Crippen LogP contribution in [0, 0.1) is 17.2 Å². The number of nitrogens with zero attached hydrogens (tertiary/aromatic N) is 3. The second-order valence-electron chi connectivity index (χ2n) is 4.22. The van der Waals surface area contributed by atoms with Crippen LogP contribution in [0.25, 0.3) is 10.9 Å². The van der Waals surface area contributed by atoms with E-state index in [2.05, 4.69) is 15.5 Å². The van der Waals surface area contributed by atoms with Gasteiger partial charge in [0.2, 0.25) is 0 Å². The summed E-state index contributed by atoms with van der Waals surface area (Å²) >= 11 is 0. The van der Waals surface area contributed by atoms with Crippen molar-refractivity contribution in [3.63, 3.8) is 0 Å². The van der Waals surface area contributed by atoms with E-state index in [9.17, 15) is 0 Å². The lowest BCUT2D eigenvalue weighted by molar-refractivity contribution is 0.244. The number of benzene rings is 1. The highest BCUT2D eigenvalue weighted by Crippen LogP contribution is 2.23. The van der Waals surface area contributed by atoms with Gasteiger partial charge in [0, 0.05) is 18.5 Å². The van der Waals surface area contributed by atoms with Gasteiger partial charge in [0.25, 0.3) is 0 Å². The monoisotopic (exact) mass is 242 g/mol. The summed E-state index contributed by atoms with van der Waals surface area (Å²) in [5, 5.41) is 30.0. The summed E-state index contributed by atoms with van der Waals surface area (Å²) in [6, 6.07) is 9.55. The lowest BCUT2D eigenvalue weighted by Gasteiger charge is -2.13. The van der Waals surface area contributed by atoms with Gasteiger partial charge < -0.3 is 10.4 Å². The maximum Gasteiger partial charge on any atom is 0.186 e. The molecule has 0 radical (unpaired) electrons. The predicted molar refractivity (Wildman–Crippen MR) is 69.0 cm³/mol. The van der Waals surface area contributed by atoms with Crippen LogP contribution in [0.2, 0.25) is 0 Å². The summed E-state index contributed by atoms with van der Waals surface area (Å²) in [7, 11) is 0. The molecular formula is C13H14N4O. The molecular weight excluding hydrogens is 228 g/mol. The molecule has 18 heavy (non-hydrogen) atoms. The van der Waals surface area contributed by atoms with E-state index in [1.165, 1.54) is 0 Å². The van der Waals surface area contributed by atoms with Gasteiger partial charge in [0.05, 0.1) is 11.2 Å². The highest BCUT2D eigenvalue weighted by molar-refractivity contribution is 5.92. The van der Waals surface area contributed by atoms with Crippen molar-refractivity contribution in [1.82, 2.24) is 10.2 Å². The molecule has 2 aromatic rings. The summed E-state index contributed by atoms with van der Waals surface area (Å²) in [5.41, 5.74) is 1.71. The molecule has 5 nitrogen and oxygen atoms in total. The molecule has 2 N–H and O–H groups in total. The largest absolute Gasteiger partial charge is 0.396 e. The molecule has 0 amide bonds. The van der Waals surface area contributed by atoms with Crippen LogP contribution in [-0.2, 0) is 0 Å². The highest BCUT2D eigenvalue weighted by atomic mass is 16.3. The van der Waals surface area contributed by atoms with Gasteiger partial charge in [-0.05, 0) is 12.0 Å². The van der Waals surface area contributed by atoms with Crippen LogP contribution in [0.15, 0.2) is 24.3 Å². The van der Waals surface area contributed by atoms with E-state index in [1.807, 2.05) is 37.3 Å². The Hall–Kier alpha value is -2.19. The van der Waals surface area contributed by atoms with Crippen LogP contribution in [0.4, 0.5) is 5.69 Å². The van der Waals surface area contributed by atoms with Gasteiger partial charge in [-0.15, -0.1) is 10.2 Å². The third kappa shape index (κ3) is 2.39. The first-order chi connectivity index (χ1) is 8.76. The Morgan fingerprint density at radius 1 is 1.39 bits per heavy atom. The molecule has 1 aromatic carbocycles. The maximum absolute atomic E-state index is 9.06. The van der Waals surface area contributed by atoms with Crippen LogP contribution in [0.1, 0.15) is 12.6 Å². The Morgan fingerprint density at radius 3 is 2.89 bits per heavy atom. The fraction of sp³-hybridized carbons (Fsp3) is 0.308. The molecule has 0 fully saturated rings. The molecule has 92 valence electrons. The minimum Gasteiger partial charge on any atom is -0.396 e. The summed E-state index contributed by atoms with van der Waals surface area (Å²) in [5.74, 6) is 0.114. The summed E-state index contributed by atoms with van der Waals surface area (Å²) in [6.45, 7) is 2.61. The smallest absolute Gasteiger partial charge is 0.186 e. The number of nitrogens with one attached hydrogen (secondary N) is 1.